The molecule has 16 nitrogen and oxygen atoms in total. The summed E-state index contributed by atoms with van der Waals surface area (Å²) in [4.78, 5) is 50.3. The van der Waals surface area contributed by atoms with Gasteiger partial charge < -0.3 is 39.7 Å². The zero-order valence-electron chi connectivity index (χ0n) is 27.7. The first-order valence-electron chi connectivity index (χ1n) is 15.8. The molecule has 0 saturated heterocycles. The third-order valence-corrected chi connectivity index (χ3v) is 8.25. The molecule has 0 amide bonds. The number of carboxylic acids is 1. The van der Waals surface area contributed by atoms with Crippen LogP contribution in [-0.2, 0) is 25.9 Å². The predicted octanol–water partition coefficient (Wildman–Crippen LogP) is 6.44. The molecule has 8 heterocycles. The Labute approximate surface area is 320 Å². The number of alkyl halides is 6. The lowest BCUT2D eigenvalue weighted by atomic mass is 10.0. The van der Waals surface area contributed by atoms with E-state index < -0.39 is 43.5 Å². The molecule has 0 saturated carbocycles. The van der Waals surface area contributed by atoms with Gasteiger partial charge in [0.1, 0.15) is 47.1 Å². The molecule has 0 fully saturated rings. The average Bonchev–Trinajstić information content (AvgIpc) is 3.95. The van der Waals surface area contributed by atoms with Crippen LogP contribution in [0.25, 0.3) is 22.1 Å². The van der Waals surface area contributed by atoms with Gasteiger partial charge >= 0.3 is 18.3 Å². The van der Waals surface area contributed by atoms with E-state index in [4.69, 9.17) is 14.2 Å². The number of rotatable bonds is 6. The van der Waals surface area contributed by atoms with Crippen LogP contribution in [0.5, 0.6) is 0 Å². The highest BCUT2D eigenvalue weighted by atomic mass is 35.5. The fourth-order valence-corrected chi connectivity index (χ4v) is 5.76. The third-order valence-electron chi connectivity index (χ3n) is 8.25. The van der Waals surface area contributed by atoms with Gasteiger partial charge in [-0.15, -0.1) is 12.4 Å². The molecule has 8 rings (SSSR count). The van der Waals surface area contributed by atoms with Gasteiger partial charge in [0.05, 0.1) is 36.8 Å². The number of ketones is 1. The van der Waals surface area contributed by atoms with E-state index in [2.05, 4.69) is 46.0 Å². The van der Waals surface area contributed by atoms with E-state index in [1.54, 1.807) is 12.4 Å². The Kier molecular flexibility index (Phi) is 14.5. The fourth-order valence-electron chi connectivity index (χ4n) is 5.76. The number of fused-ring (bicyclic) bond motifs is 4. The van der Waals surface area contributed by atoms with E-state index in [0.717, 1.165) is 22.2 Å². The molecule has 0 spiro atoms. The summed E-state index contributed by atoms with van der Waals surface area (Å²) in [5, 5.41) is 18.3. The minimum absolute atomic E-state index is 0. The lowest BCUT2D eigenvalue weighted by molar-refractivity contribution is -0.133. The van der Waals surface area contributed by atoms with Crippen molar-refractivity contribution in [1.29, 1.82) is 0 Å². The van der Waals surface area contributed by atoms with Crippen LogP contribution < -0.4 is 15.5 Å². The fraction of sp³-hybridized carbons (Fsp3) is 0.394. The largest absolute Gasteiger partial charge is 0.476 e. The molecule has 0 atom stereocenters. The number of hydrogen-bond donors (Lipinski definition) is 4. The molecule has 0 aliphatic carbocycles. The van der Waals surface area contributed by atoms with E-state index in [9.17, 15) is 35.9 Å². The number of hydrogen-bond acceptors (Lipinski definition) is 13. The predicted molar refractivity (Wildman–Crippen MR) is 193 cm³/mol. The van der Waals surface area contributed by atoms with Gasteiger partial charge in [-0.05, 0) is 12.1 Å². The van der Waals surface area contributed by atoms with Gasteiger partial charge in [-0.2, -0.15) is 26.3 Å². The van der Waals surface area contributed by atoms with Crippen LogP contribution in [0.2, 0.25) is 0 Å². The molecule has 0 bridgehead atoms. The summed E-state index contributed by atoms with van der Waals surface area (Å²) in [5.41, 5.74) is 6.74. The maximum absolute atomic E-state index is 12.4. The van der Waals surface area contributed by atoms with Crippen molar-refractivity contribution in [2.24, 2.45) is 5.73 Å². The number of carboxylic acid groups (broad SMARTS) is 1. The zero-order chi connectivity index (χ0) is 37.9. The monoisotopic (exact) mass is 817 g/mol. The summed E-state index contributed by atoms with van der Waals surface area (Å²) in [6.45, 7) is 0.766. The van der Waals surface area contributed by atoms with Gasteiger partial charge in [-0.25, -0.2) is 24.7 Å². The van der Waals surface area contributed by atoms with Gasteiger partial charge in [-0.1, -0.05) is 25.2 Å². The summed E-state index contributed by atoms with van der Waals surface area (Å²) >= 11 is 0. The van der Waals surface area contributed by atoms with Gasteiger partial charge in [0.25, 0.3) is 0 Å². The highest BCUT2D eigenvalue weighted by Crippen LogP contribution is 2.32. The highest BCUT2D eigenvalue weighted by molar-refractivity contribution is 5.96. The maximum atomic E-state index is 12.4. The smallest absolute Gasteiger partial charge is 0.400 e. The van der Waals surface area contributed by atoms with Crippen molar-refractivity contribution in [1.82, 2.24) is 40.2 Å². The van der Waals surface area contributed by atoms with Crippen molar-refractivity contribution in [2.75, 3.05) is 29.4 Å². The molecule has 23 heteroatoms. The number of carbonyl (C=O) groups is 2. The van der Waals surface area contributed by atoms with Crippen molar-refractivity contribution >= 4 is 57.9 Å². The lowest BCUT2D eigenvalue weighted by Crippen LogP contribution is -2.31. The average molecular weight is 818 g/mol. The molecule has 2 aliphatic heterocycles. The van der Waals surface area contributed by atoms with Gasteiger partial charge in [0.2, 0.25) is 0 Å². The minimum Gasteiger partial charge on any atom is -0.476 e. The molecule has 304 valence electrons. The second kappa shape index (κ2) is 18.2. The second-order valence-electron chi connectivity index (χ2n) is 11.7. The van der Waals surface area contributed by atoms with Crippen LogP contribution in [0.15, 0.2) is 46.2 Å². The number of Topliss-reactive ketones (excluding diaryl/α,β-unsaturated/α-hetero) is 1. The maximum Gasteiger partial charge on any atom is 0.400 e. The molecular formula is C33H38ClF6N11O5. The molecule has 0 unspecified atom stereocenters. The van der Waals surface area contributed by atoms with Crippen LogP contribution in [0.4, 0.5) is 38.0 Å². The van der Waals surface area contributed by atoms with E-state index in [1.165, 1.54) is 12.7 Å². The minimum atomic E-state index is -4.38. The first-order chi connectivity index (χ1) is 25.2. The number of aromatic amines is 2. The van der Waals surface area contributed by atoms with Crippen LogP contribution in [0.3, 0.4) is 0 Å². The third kappa shape index (κ3) is 10.1. The Bertz CT molecular complexity index is 2230. The van der Waals surface area contributed by atoms with E-state index in [1.807, 2.05) is 21.9 Å². The molecule has 5 N–H and O–H groups in total. The quantitative estimate of drug-likeness (QED) is 0.105. The Morgan fingerprint density at radius 1 is 0.768 bits per heavy atom. The van der Waals surface area contributed by atoms with Gasteiger partial charge in [0.15, 0.2) is 17.2 Å². The van der Waals surface area contributed by atoms with E-state index in [-0.39, 0.29) is 38.6 Å². The standard InChI is InChI=1S/C16H14F3N5O2.C13H11N5O3.C2H4F3N.2CH4.ClH/c17-16(18,19)4-1-11(25)13-10-7-24(6-3-12(10)26-23-13)15-9-2-5-20-14(9)21-8-22-15;19-13(20)10-8-5-18(4-2-9(8)21-17-10)12-7-1-3-14-11(7)15-6-16-12;3-2(4,5)1-6;;;/h2,5,8H,1,3-4,6-7H2,(H,20,21,22);1,3,6H,2,4-5H2,(H,19,20)(H,14,15,16);1,6H2;2*1H4;1H. The summed E-state index contributed by atoms with van der Waals surface area (Å²) in [5.74, 6) is 0.917. The lowest BCUT2D eigenvalue weighted by Gasteiger charge is -2.27. The molecule has 0 aromatic carbocycles. The van der Waals surface area contributed by atoms with Crippen molar-refractivity contribution in [3.8, 4) is 0 Å². The van der Waals surface area contributed by atoms with Crippen LogP contribution >= 0.6 is 12.4 Å². The number of aromatic carboxylic acids is 1. The summed E-state index contributed by atoms with van der Waals surface area (Å²) < 4.78 is 79.4. The number of halogens is 7. The Morgan fingerprint density at radius 2 is 1.21 bits per heavy atom. The normalized spacial score (nSPS) is 13.5. The zero-order valence-corrected chi connectivity index (χ0v) is 28.6. The number of nitrogens with two attached hydrogens (primary N) is 1. The Morgan fingerprint density at radius 3 is 1.64 bits per heavy atom. The van der Waals surface area contributed by atoms with E-state index in [0.29, 0.717) is 73.1 Å². The first kappa shape index (κ1) is 44.6. The van der Waals surface area contributed by atoms with Crippen LogP contribution in [0, 0.1) is 0 Å². The second-order valence-corrected chi connectivity index (χ2v) is 11.7. The SMILES string of the molecule is C.C.Cl.NCC(F)(F)F.O=C(CCC(F)(F)F)c1noc2c1CN(c1ncnc3[nH]ccc13)CC2.O=C(O)c1noc2c1CN(c1ncnc3[nH]ccc13)CC2. The summed E-state index contributed by atoms with van der Waals surface area (Å²) in [6.07, 6.45) is -2.79. The topological polar surface area (TPSA) is 222 Å². The first-order valence-corrected chi connectivity index (χ1v) is 15.8. The molecule has 56 heavy (non-hydrogen) atoms. The molecular weight excluding hydrogens is 780 g/mol. The molecule has 6 aromatic rings. The number of aromatic nitrogens is 8. The molecule has 2 aliphatic rings. The summed E-state index contributed by atoms with van der Waals surface area (Å²) in [6, 6.07) is 3.76. The number of H-pyrrole nitrogens is 2. The molecule has 6 aromatic heterocycles. The Hall–Kier alpha value is -5.77. The number of nitrogens with zero attached hydrogens (tertiary/aromatic N) is 8. The highest BCUT2D eigenvalue weighted by Gasteiger charge is 2.33. The molecule has 0 radical (unpaired) electrons. The van der Waals surface area contributed by atoms with Gasteiger partial charge in [0, 0.05) is 55.9 Å². The van der Waals surface area contributed by atoms with Gasteiger partial charge in [-0.3, -0.25) is 4.79 Å². The Balaban J connectivity index is 0.000000254. The number of nitrogens with one attached hydrogen (secondary N) is 2. The van der Waals surface area contributed by atoms with Crippen LogP contribution in [-0.4, -0.2) is 89.1 Å². The number of carbonyl (C=O) groups excluding carboxylic acids is 1. The van der Waals surface area contributed by atoms with Crippen molar-refractivity contribution in [2.45, 2.75) is 66.0 Å². The van der Waals surface area contributed by atoms with E-state index >= 15 is 0 Å². The van der Waals surface area contributed by atoms with Crippen molar-refractivity contribution in [3.63, 3.8) is 0 Å². The summed E-state index contributed by atoms with van der Waals surface area (Å²) in [7, 11) is 0. The van der Waals surface area contributed by atoms with Crippen molar-refractivity contribution in [3.05, 3.63) is 71.2 Å². The van der Waals surface area contributed by atoms with Crippen LogP contribution in [0.1, 0.15) is 71.3 Å². The van der Waals surface area contributed by atoms with Crippen molar-refractivity contribution < 1.29 is 50.1 Å². The number of anilines is 2.